The zero-order valence-corrected chi connectivity index (χ0v) is 17.9. The number of fused-ring (bicyclic) bond motifs is 2. The first-order valence-electron chi connectivity index (χ1n) is 10.3. The van der Waals surface area contributed by atoms with E-state index in [9.17, 15) is 13.2 Å². The van der Waals surface area contributed by atoms with Gasteiger partial charge in [-0.2, -0.15) is 18.3 Å². The van der Waals surface area contributed by atoms with Crippen LogP contribution in [0.15, 0.2) is 24.4 Å². The van der Waals surface area contributed by atoms with Crippen LogP contribution in [0.2, 0.25) is 0 Å². The lowest BCUT2D eigenvalue weighted by Gasteiger charge is -2.33. The van der Waals surface area contributed by atoms with Crippen LogP contribution in [0, 0.1) is 0 Å². The summed E-state index contributed by atoms with van der Waals surface area (Å²) in [5, 5.41) is 11.7. The summed E-state index contributed by atoms with van der Waals surface area (Å²) < 4.78 is 50.5. The third kappa shape index (κ3) is 5.71. The molecular formula is C21H26F3N3O5. The third-order valence-corrected chi connectivity index (χ3v) is 5.18. The second kappa shape index (κ2) is 10.2. The molecule has 0 amide bonds. The molecule has 1 aromatic heterocycles. The SMILES string of the molecule is CCOCC1CN(Cc2ccc3c(c2)OCO3)Cc2c1cnn2CC.O=C(O)C(F)(F)F. The van der Waals surface area contributed by atoms with Gasteiger partial charge in [-0.25, -0.2) is 4.79 Å². The molecule has 32 heavy (non-hydrogen) atoms. The first-order chi connectivity index (χ1) is 15.2. The number of ether oxygens (including phenoxy) is 3. The summed E-state index contributed by atoms with van der Waals surface area (Å²) in [6, 6.07) is 6.21. The Kier molecular flexibility index (Phi) is 7.62. The molecule has 1 aromatic carbocycles. The van der Waals surface area contributed by atoms with Crippen molar-refractivity contribution in [2.24, 2.45) is 0 Å². The van der Waals surface area contributed by atoms with E-state index >= 15 is 0 Å². The Labute approximate surface area is 183 Å². The number of rotatable bonds is 6. The Hall–Kier alpha value is -2.79. The van der Waals surface area contributed by atoms with Crippen molar-refractivity contribution in [3.8, 4) is 11.5 Å². The molecule has 0 radical (unpaired) electrons. The molecule has 0 aliphatic carbocycles. The van der Waals surface area contributed by atoms with Gasteiger partial charge in [0.05, 0.1) is 18.5 Å². The number of nitrogens with zero attached hydrogens (tertiary/aromatic N) is 3. The zero-order chi connectivity index (χ0) is 23.3. The van der Waals surface area contributed by atoms with Crippen molar-refractivity contribution in [1.82, 2.24) is 14.7 Å². The monoisotopic (exact) mass is 457 g/mol. The van der Waals surface area contributed by atoms with Crippen molar-refractivity contribution in [2.45, 2.75) is 45.6 Å². The van der Waals surface area contributed by atoms with E-state index in [0.717, 1.165) is 50.9 Å². The van der Waals surface area contributed by atoms with Crippen LogP contribution in [0.3, 0.4) is 0 Å². The maximum absolute atomic E-state index is 10.6. The lowest BCUT2D eigenvalue weighted by atomic mass is 9.95. The standard InChI is InChI=1S/C19H25N3O3.C2HF3O2/c1-3-22-17-11-21(10-15(12-23-4-2)16(17)8-20-22)9-14-5-6-18-19(7-14)25-13-24-18;3-2(4,5)1(6)7/h5-8,15H,3-4,9-13H2,1-2H3;(H,6,7). The fourth-order valence-corrected chi connectivity index (χ4v) is 3.72. The Balaban J connectivity index is 0.000000360. The molecule has 1 unspecified atom stereocenters. The van der Waals surface area contributed by atoms with Gasteiger partial charge in [0.1, 0.15) is 0 Å². The van der Waals surface area contributed by atoms with Crippen LogP contribution in [0.1, 0.15) is 36.6 Å². The average Bonchev–Trinajstić information content (AvgIpc) is 3.38. The number of aromatic nitrogens is 2. The summed E-state index contributed by atoms with van der Waals surface area (Å²) in [6.07, 6.45) is -3.06. The molecule has 2 aromatic rings. The maximum Gasteiger partial charge on any atom is 0.490 e. The van der Waals surface area contributed by atoms with Gasteiger partial charge in [-0.1, -0.05) is 6.07 Å². The van der Waals surface area contributed by atoms with Crippen molar-refractivity contribution < 1.29 is 37.3 Å². The number of halogens is 3. The Morgan fingerprint density at radius 3 is 2.66 bits per heavy atom. The third-order valence-electron chi connectivity index (χ3n) is 5.18. The van der Waals surface area contributed by atoms with Gasteiger partial charge in [-0.3, -0.25) is 9.58 Å². The number of carboxylic acid groups (broad SMARTS) is 1. The number of aryl methyl sites for hydroxylation is 1. The van der Waals surface area contributed by atoms with Gasteiger partial charge in [0.25, 0.3) is 0 Å². The maximum atomic E-state index is 10.6. The van der Waals surface area contributed by atoms with Gasteiger partial charge in [-0.05, 0) is 31.5 Å². The molecule has 3 heterocycles. The van der Waals surface area contributed by atoms with Crippen molar-refractivity contribution in [1.29, 1.82) is 0 Å². The van der Waals surface area contributed by atoms with Gasteiger partial charge in [0.15, 0.2) is 11.5 Å². The molecule has 176 valence electrons. The van der Waals surface area contributed by atoms with Crippen molar-refractivity contribution in [3.63, 3.8) is 0 Å². The number of carbonyl (C=O) groups is 1. The molecule has 2 aliphatic heterocycles. The first-order valence-corrected chi connectivity index (χ1v) is 10.3. The summed E-state index contributed by atoms with van der Waals surface area (Å²) in [7, 11) is 0. The number of alkyl halides is 3. The lowest BCUT2D eigenvalue weighted by molar-refractivity contribution is -0.192. The minimum Gasteiger partial charge on any atom is -0.475 e. The second-order valence-electron chi connectivity index (χ2n) is 7.38. The molecular weight excluding hydrogens is 431 g/mol. The van der Waals surface area contributed by atoms with Gasteiger partial charge in [-0.15, -0.1) is 0 Å². The fraction of sp³-hybridized carbons (Fsp3) is 0.524. The highest BCUT2D eigenvalue weighted by Crippen LogP contribution is 2.34. The first kappa shape index (κ1) is 23.9. The predicted octanol–water partition coefficient (Wildman–Crippen LogP) is 3.40. The van der Waals surface area contributed by atoms with E-state index in [-0.39, 0.29) is 0 Å². The van der Waals surface area contributed by atoms with E-state index in [1.165, 1.54) is 16.8 Å². The van der Waals surface area contributed by atoms with Gasteiger partial charge >= 0.3 is 12.1 Å². The quantitative estimate of drug-likeness (QED) is 0.712. The molecule has 0 spiro atoms. The summed E-state index contributed by atoms with van der Waals surface area (Å²) in [4.78, 5) is 11.4. The van der Waals surface area contributed by atoms with E-state index in [1.54, 1.807) is 0 Å². The number of carboxylic acids is 1. The van der Waals surface area contributed by atoms with Crippen LogP contribution in [0.5, 0.6) is 11.5 Å². The fourth-order valence-electron chi connectivity index (χ4n) is 3.72. The highest BCUT2D eigenvalue weighted by molar-refractivity contribution is 5.73. The second-order valence-corrected chi connectivity index (χ2v) is 7.38. The minimum atomic E-state index is -5.08. The van der Waals surface area contributed by atoms with Crippen LogP contribution in [-0.2, 0) is 29.2 Å². The summed E-state index contributed by atoms with van der Waals surface area (Å²) in [6.45, 7) is 9.68. The van der Waals surface area contributed by atoms with E-state index in [0.29, 0.717) is 12.7 Å². The number of hydrogen-bond acceptors (Lipinski definition) is 6. The van der Waals surface area contributed by atoms with E-state index in [4.69, 9.17) is 24.1 Å². The highest BCUT2D eigenvalue weighted by Gasteiger charge is 2.38. The van der Waals surface area contributed by atoms with Crippen LogP contribution < -0.4 is 9.47 Å². The molecule has 2 aliphatic rings. The van der Waals surface area contributed by atoms with E-state index in [2.05, 4.69) is 33.7 Å². The van der Waals surface area contributed by atoms with Crippen LogP contribution in [0.4, 0.5) is 13.2 Å². The Bertz CT molecular complexity index is 932. The number of hydrogen-bond donors (Lipinski definition) is 1. The predicted molar refractivity (Wildman–Crippen MR) is 108 cm³/mol. The highest BCUT2D eigenvalue weighted by atomic mass is 19.4. The number of benzene rings is 1. The lowest BCUT2D eigenvalue weighted by Crippen LogP contribution is -2.35. The molecule has 8 nitrogen and oxygen atoms in total. The van der Waals surface area contributed by atoms with E-state index in [1.807, 2.05) is 19.2 Å². The van der Waals surface area contributed by atoms with Crippen molar-refractivity contribution in [2.75, 3.05) is 26.6 Å². The Morgan fingerprint density at radius 2 is 2.00 bits per heavy atom. The Morgan fingerprint density at radius 1 is 1.28 bits per heavy atom. The topological polar surface area (TPSA) is 86.1 Å². The van der Waals surface area contributed by atoms with Crippen molar-refractivity contribution in [3.05, 3.63) is 41.2 Å². The molecule has 0 saturated heterocycles. The molecule has 11 heteroatoms. The van der Waals surface area contributed by atoms with E-state index < -0.39 is 12.1 Å². The summed E-state index contributed by atoms with van der Waals surface area (Å²) in [5.74, 6) is -0.701. The molecule has 0 fully saturated rings. The molecule has 0 bridgehead atoms. The molecule has 1 N–H and O–H groups in total. The smallest absolute Gasteiger partial charge is 0.475 e. The minimum absolute atomic E-state index is 0.317. The van der Waals surface area contributed by atoms with Gasteiger partial charge in [0.2, 0.25) is 6.79 Å². The van der Waals surface area contributed by atoms with Crippen LogP contribution in [0.25, 0.3) is 0 Å². The van der Waals surface area contributed by atoms with Gasteiger partial charge in [0, 0.05) is 44.3 Å². The van der Waals surface area contributed by atoms with Crippen molar-refractivity contribution >= 4 is 5.97 Å². The normalized spacial score (nSPS) is 17.5. The van der Waals surface area contributed by atoms with Gasteiger partial charge < -0.3 is 19.3 Å². The summed E-state index contributed by atoms with van der Waals surface area (Å²) in [5.41, 5.74) is 3.90. The molecule has 4 rings (SSSR count). The zero-order valence-electron chi connectivity index (χ0n) is 17.9. The average molecular weight is 457 g/mol. The van der Waals surface area contributed by atoms with Crippen LogP contribution in [-0.4, -0.2) is 58.5 Å². The summed E-state index contributed by atoms with van der Waals surface area (Å²) >= 11 is 0. The van der Waals surface area contributed by atoms with Crippen LogP contribution >= 0.6 is 0 Å². The molecule has 1 atom stereocenters. The number of aliphatic carboxylic acids is 1. The largest absolute Gasteiger partial charge is 0.490 e. The molecule has 0 saturated carbocycles.